The van der Waals surface area contributed by atoms with Gasteiger partial charge in [0.15, 0.2) is 5.88 Å². The number of carbonyl (C=O) groups excluding carboxylic acids is 1. The highest BCUT2D eigenvalue weighted by molar-refractivity contribution is 7.75. The third-order valence-electron chi connectivity index (χ3n) is 6.49. The average Bonchev–Trinajstić information content (AvgIpc) is 3.50. The number of hydrogen-bond acceptors (Lipinski definition) is 6. The summed E-state index contributed by atoms with van der Waals surface area (Å²) in [5.74, 6) is -0.585. The normalized spacial score (nSPS) is 22.4. The van der Waals surface area contributed by atoms with Crippen LogP contribution in [0.25, 0.3) is 0 Å². The molecule has 1 aromatic heterocycles. The van der Waals surface area contributed by atoms with Crippen LogP contribution in [0, 0.1) is 0 Å². The lowest BCUT2D eigenvalue weighted by atomic mass is 9.94. The van der Waals surface area contributed by atoms with Crippen LogP contribution in [-0.4, -0.2) is 41.9 Å². The van der Waals surface area contributed by atoms with Crippen molar-refractivity contribution in [1.29, 1.82) is 0 Å². The van der Waals surface area contributed by atoms with Gasteiger partial charge < -0.3 is 23.9 Å². The number of nitrogens with zero attached hydrogens (tertiary/aromatic N) is 3. The standard InChI is InChI=1S/C21H24F2N5O3S/c1-24-13-9-28-20(31-10-13)16(8-25-28)32(30)27-21(29)26-18-14-4-2-3-11(14)7-12-5-6-15(17(12)18)19(22)23/h7-8,13,15,19,24H,2-6,9-10H2,1H3,(H,26,29)/q-1/t13-,15-/m0/s1. The number of fused-ring (bicyclic) bond motifs is 3. The second-order valence-electron chi connectivity index (χ2n) is 8.36. The van der Waals surface area contributed by atoms with E-state index in [1.807, 2.05) is 13.1 Å². The summed E-state index contributed by atoms with van der Waals surface area (Å²) in [6.45, 7) is 0.933. The molecule has 0 spiro atoms. The van der Waals surface area contributed by atoms with Gasteiger partial charge in [-0.05, 0) is 66.3 Å². The van der Waals surface area contributed by atoms with E-state index < -0.39 is 29.0 Å². The van der Waals surface area contributed by atoms with Crippen LogP contribution in [0.3, 0.4) is 0 Å². The quantitative estimate of drug-likeness (QED) is 0.676. The van der Waals surface area contributed by atoms with Crippen LogP contribution >= 0.6 is 0 Å². The number of nitrogens with one attached hydrogen (secondary N) is 2. The summed E-state index contributed by atoms with van der Waals surface area (Å²) >= 11 is 0. The monoisotopic (exact) mass is 464 g/mol. The molecule has 2 aliphatic carbocycles. The average molecular weight is 465 g/mol. The van der Waals surface area contributed by atoms with Crippen LogP contribution in [0.1, 0.15) is 41.0 Å². The highest BCUT2D eigenvalue weighted by Crippen LogP contribution is 2.46. The van der Waals surface area contributed by atoms with E-state index in [0.29, 0.717) is 49.5 Å². The molecular weight excluding hydrogens is 440 g/mol. The number of benzene rings is 1. The van der Waals surface area contributed by atoms with Gasteiger partial charge >= 0.3 is 6.03 Å². The molecule has 2 atom stereocenters. The molecule has 2 heterocycles. The highest BCUT2D eigenvalue weighted by atomic mass is 32.2. The molecule has 11 heteroatoms. The van der Waals surface area contributed by atoms with Gasteiger partial charge in [0, 0.05) is 17.8 Å². The first-order valence-corrected chi connectivity index (χ1v) is 11.8. The number of aryl methyl sites for hydroxylation is 2. The number of likely N-dealkylation sites (N-methyl/N-ethyl adjacent to an activating group) is 1. The summed E-state index contributed by atoms with van der Waals surface area (Å²) in [7, 11) is -0.220. The van der Waals surface area contributed by atoms with Gasteiger partial charge in [0.25, 0.3) is 0 Å². The number of anilines is 1. The van der Waals surface area contributed by atoms with Gasteiger partial charge in [-0.25, -0.2) is 18.3 Å². The third-order valence-corrected chi connectivity index (χ3v) is 7.48. The number of halogens is 2. The van der Waals surface area contributed by atoms with Gasteiger partial charge in [-0.1, -0.05) is 6.07 Å². The zero-order valence-corrected chi connectivity index (χ0v) is 18.4. The van der Waals surface area contributed by atoms with Crippen LogP contribution in [0.5, 0.6) is 5.88 Å². The molecule has 0 unspecified atom stereocenters. The van der Waals surface area contributed by atoms with Crippen LogP contribution in [-0.2, 0) is 40.6 Å². The fraction of sp³-hybridized carbons (Fsp3) is 0.524. The maximum Gasteiger partial charge on any atom is 0.322 e. The zero-order valence-electron chi connectivity index (χ0n) is 17.6. The van der Waals surface area contributed by atoms with E-state index in [1.54, 1.807) is 4.68 Å². The Bertz CT molecular complexity index is 1160. The minimum Gasteiger partial charge on any atom is -0.477 e. The molecule has 2 N–H and O–H groups in total. The first-order chi connectivity index (χ1) is 15.5. The van der Waals surface area contributed by atoms with Crippen molar-refractivity contribution in [3.8, 4) is 5.88 Å². The molecule has 0 saturated carbocycles. The number of alkyl halides is 2. The van der Waals surface area contributed by atoms with E-state index in [4.69, 9.17) is 4.74 Å². The summed E-state index contributed by atoms with van der Waals surface area (Å²) in [5.41, 5.74) is 3.81. The SMILES string of the molecule is CN[C@@H]1COc2c([S-](=O)=NC(=O)Nc3c4c(cc5c3[C@@H](C(F)F)CC5)CCC4)cnn2C1. The molecule has 2 amide bonds. The number of rotatable bonds is 4. The zero-order chi connectivity index (χ0) is 22.4. The van der Waals surface area contributed by atoms with E-state index in [2.05, 4.69) is 20.1 Å². The molecule has 172 valence electrons. The topological polar surface area (TPSA) is 97.6 Å². The predicted molar refractivity (Wildman–Crippen MR) is 114 cm³/mol. The van der Waals surface area contributed by atoms with E-state index in [1.165, 1.54) is 6.20 Å². The Hall–Kier alpha value is -2.53. The molecule has 8 nitrogen and oxygen atoms in total. The molecule has 0 radical (unpaired) electrons. The number of amides is 2. The van der Waals surface area contributed by atoms with E-state index >= 15 is 0 Å². The molecule has 32 heavy (non-hydrogen) atoms. The van der Waals surface area contributed by atoms with Gasteiger partial charge in [0.2, 0.25) is 6.43 Å². The fourth-order valence-corrected chi connectivity index (χ4v) is 5.67. The second-order valence-corrected chi connectivity index (χ2v) is 9.48. The molecule has 3 aliphatic rings. The lowest BCUT2D eigenvalue weighted by Crippen LogP contribution is -2.39. The lowest BCUT2D eigenvalue weighted by molar-refractivity contribution is 0.114. The van der Waals surface area contributed by atoms with Crippen molar-refractivity contribution in [1.82, 2.24) is 15.1 Å². The van der Waals surface area contributed by atoms with Crippen molar-refractivity contribution < 1.29 is 22.5 Å². The van der Waals surface area contributed by atoms with Crippen LogP contribution < -0.4 is 15.4 Å². The van der Waals surface area contributed by atoms with Crippen molar-refractivity contribution in [2.45, 2.75) is 61.9 Å². The fourth-order valence-electron chi connectivity index (χ4n) is 4.93. The molecule has 1 aliphatic heterocycles. The van der Waals surface area contributed by atoms with Gasteiger partial charge in [-0.2, -0.15) is 5.10 Å². The Morgan fingerprint density at radius 3 is 2.97 bits per heavy atom. The maximum absolute atomic E-state index is 13.7. The van der Waals surface area contributed by atoms with Crippen molar-refractivity contribution >= 4 is 22.3 Å². The number of urea groups is 1. The van der Waals surface area contributed by atoms with Crippen molar-refractivity contribution in [3.63, 3.8) is 0 Å². The third kappa shape index (κ3) is 3.66. The number of ether oxygens (including phenoxy) is 1. The van der Waals surface area contributed by atoms with Crippen LogP contribution in [0.15, 0.2) is 21.5 Å². The molecule has 0 fully saturated rings. The Morgan fingerprint density at radius 1 is 1.34 bits per heavy atom. The van der Waals surface area contributed by atoms with Gasteiger partial charge in [0.1, 0.15) is 6.61 Å². The Balaban J connectivity index is 1.44. The Morgan fingerprint density at radius 2 is 2.19 bits per heavy atom. The highest BCUT2D eigenvalue weighted by Gasteiger charge is 2.35. The van der Waals surface area contributed by atoms with E-state index in [0.717, 1.165) is 29.5 Å². The first-order valence-electron chi connectivity index (χ1n) is 10.7. The molecule has 1 aromatic carbocycles. The van der Waals surface area contributed by atoms with Gasteiger partial charge in [-0.15, -0.1) is 10.6 Å². The van der Waals surface area contributed by atoms with Gasteiger partial charge in [0.05, 0.1) is 12.6 Å². The van der Waals surface area contributed by atoms with E-state index in [-0.39, 0.29) is 10.9 Å². The predicted octanol–water partition coefficient (Wildman–Crippen LogP) is 3.39. The van der Waals surface area contributed by atoms with Crippen molar-refractivity contribution in [2.24, 2.45) is 4.36 Å². The Kier molecular flexibility index (Phi) is 5.62. The summed E-state index contributed by atoms with van der Waals surface area (Å²) in [4.78, 5) is 12.9. The molecule has 5 rings (SSSR count). The second kappa shape index (κ2) is 8.43. The number of carbonyl (C=O) groups is 1. The lowest BCUT2D eigenvalue weighted by Gasteiger charge is -2.25. The maximum atomic E-state index is 13.7. The number of hydrogen-bond donors (Lipinski definition) is 2. The molecule has 0 bridgehead atoms. The van der Waals surface area contributed by atoms with Crippen LogP contribution in [0.4, 0.5) is 19.3 Å². The van der Waals surface area contributed by atoms with Crippen molar-refractivity contribution in [2.75, 3.05) is 19.0 Å². The largest absolute Gasteiger partial charge is 0.477 e. The van der Waals surface area contributed by atoms with Crippen LogP contribution in [0.2, 0.25) is 0 Å². The minimum atomic E-state index is -2.50. The molecule has 0 saturated heterocycles. The summed E-state index contributed by atoms with van der Waals surface area (Å²) < 4.78 is 51.2. The molecule has 2 aromatic rings. The summed E-state index contributed by atoms with van der Waals surface area (Å²) in [6.07, 6.45) is 2.29. The van der Waals surface area contributed by atoms with Gasteiger partial charge in [-0.3, -0.25) is 0 Å². The number of aromatic nitrogens is 2. The first kappa shape index (κ1) is 21.3. The molecular formula is C21H24F2N5O3S-. The smallest absolute Gasteiger partial charge is 0.322 e. The minimum absolute atomic E-state index is 0.0778. The summed E-state index contributed by atoms with van der Waals surface area (Å²) in [6, 6.07) is 1.27. The van der Waals surface area contributed by atoms with E-state index in [9.17, 15) is 17.8 Å². The Labute approximate surface area is 185 Å². The van der Waals surface area contributed by atoms with Crippen molar-refractivity contribution in [3.05, 3.63) is 34.5 Å². The summed E-state index contributed by atoms with van der Waals surface area (Å²) in [5, 5.41) is 9.97.